The van der Waals surface area contributed by atoms with Gasteiger partial charge in [0.1, 0.15) is 0 Å². The predicted molar refractivity (Wildman–Crippen MR) is 68.4 cm³/mol. The molecule has 0 aromatic carbocycles. The van der Waals surface area contributed by atoms with Crippen LogP contribution in [0.25, 0.3) is 0 Å². The Kier molecular flexibility index (Phi) is 3.13. The van der Waals surface area contributed by atoms with E-state index in [1.165, 1.54) is 0 Å². The molecule has 0 amide bonds. The minimum absolute atomic E-state index is 0.224. The minimum atomic E-state index is -2.96. The van der Waals surface area contributed by atoms with Gasteiger partial charge < -0.3 is 9.47 Å². The molecule has 0 radical (unpaired) electrons. The number of ether oxygens (including phenoxy) is 2. The number of carbonyl (C=O) groups excluding carboxylic acids is 1. The Balaban J connectivity index is 1.76. The summed E-state index contributed by atoms with van der Waals surface area (Å²) in [6, 6.07) is 0. The van der Waals surface area contributed by atoms with Gasteiger partial charge in [-0.1, -0.05) is 0 Å². The van der Waals surface area contributed by atoms with Gasteiger partial charge >= 0.3 is 5.97 Å². The lowest BCUT2D eigenvalue weighted by molar-refractivity contribution is -0.207. The van der Waals surface area contributed by atoms with E-state index in [0.29, 0.717) is 18.3 Å². The average molecular weight is 288 g/mol. The van der Waals surface area contributed by atoms with Gasteiger partial charge in [0.15, 0.2) is 6.61 Å². The molecule has 0 N–H and O–H groups in total. The van der Waals surface area contributed by atoms with Crippen LogP contribution in [0.2, 0.25) is 0 Å². The number of methoxy groups -OCH3 is 1. The van der Waals surface area contributed by atoms with Gasteiger partial charge in [-0.05, 0) is 50.4 Å². The van der Waals surface area contributed by atoms with Crippen molar-refractivity contribution in [3.05, 3.63) is 0 Å². The molecule has 0 aromatic heterocycles. The SMILES string of the molecule is COC12CC3CC(C1)CC(C(=O)OCC(C)(F)F)(C3)C2. The van der Waals surface area contributed by atoms with E-state index in [0.717, 1.165) is 39.0 Å². The van der Waals surface area contributed by atoms with Gasteiger partial charge in [0, 0.05) is 14.0 Å². The van der Waals surface area contributed by atoms with E-state index in [1.54, 1.807) is 7.11 Å². The smallest absolute Gasteiger partial charge is 0.312 e. The molecule has 4 aliphatic rings. The van der Waals surface area contributed by atoms with Gasteiger partial charge in [0.25, 0.3) is 5.92 Å². The molecule has 4 fully saturated rings. The monoisotopic (exact) mass is 288 g/mol. The lowest BCUT2D eigenvalue weighted by Gasteiger charge is -2.60. The van der Waals surface area contributed by atoms with Crippen molar-refractivity contribution in [3.63, 3.8) is 0 Å². The molecule has 20 heavy (non-hydrogen) atoms. The van der Waals surface area contributed by atoms with Gasteiger partial charge in [-0.3, -0.25) is 4.79 Å². The lowest BCUT2D eigenvalue weighted by atomic mass is 9.48. The highest BCUT2D eigenvalue weighted by Crippen LogP contribution is 2.63. The van der Waals surface area contributed by atoms with Crippen LogP contribution in [0.15, 0.2) is 0 Å². The number of hydrogen-bond acceptors (Lipinski definition) is 3. The number of carbonyl (C=O) groups is 1. The quantitative estimate of drug-likeness (QED) is 0.745. The Bertz CT molecular complexity index is 402. The molecule has 114 valence electrons. The average Bonchev–Trinajstić information content (AvgIpc) is 2.33. The maximum atomic E-state index is 12.9. The van der Waals surface area contributed by atoms with Crippen LogP contribution in [-0.2, 0) is 14.3 Å². The van der Waals surface area contributed by atoms with E-state index in [1.807, 2.05) is 0 Å². The predicted octanol–water partition coefficient (Wildman–Crippen LogP) is 3.17. The first-order valence-corrected chi connectivity index (χ1v) is 7.36. The number of esters is 1. The molecule has 2 atom stereocenters. The molecule has 2 unspecified atom stereocenters. The second kappa shape index (κ2) is 4.39. The topological polar surface area (TPSA) is 35.5 Å². The second-order valence-electron chi connectivity index (χ2n) is 7.27. The van der Waals surface area contributed by atoms with Crippen LogP contribution in [0.3, 0.4) is 0 Å². The summed E-state index contributed by atoms with van der Waals surface area (Å²) < 4.78 is 36.4. The third kappa shape index (κ3) is 2.34. The Morgan fingerprint density at radius 2 is 1.85 bits per heavy atom. The first-order valence-electron chi connectivity index (χ1n) is 7.36. The first kappa shape index (κ1) is 14.2. The van der Waals surface area contributed by atoms with Crippen LogP contribution in [-0.4, -0.2) is 31.2 Å². The summed E-state index contributed by atoms with van der Waals surface area (Å²) in [5.74, 6) is -2.44. The molecule has 4 saturated carbocycles. The van der Waals surface area contributed by atoms with Crippen LogP contribution < -0.4 is 0 Å². The lowest BCUT2D eigenvalue weighted by Crippen LogP contribution is -2.59. The number of halogens is 2. The van der Waals surface area contributed by atoms with Crippen molar-refractivity contribution in [2.75, 3.05) is 13.7 Å². The van der Waals surface area contributed by atoms with E-state index in [4.69, 9.17) is 9.47 Å². The largest absolute Gasteiger partial charge is 0.459 e. The van der Waals surface area contributed by atoms with Crippen LogP contribution >= 0.6 is 0 Å². The van der Waals surface area contributed by atoms with Crippen molar-refractivity contribution in [1.82, 2.24) is 0 Å². The molecule has 0 saturated heterocycles. The van der Waals surface area contributed by atoms with E-state index in [9.17, 15) is 13.6 Å². The Labute approximate surface area is 118 Å². The van der Waals surface area contributed by atoms with Gasteiger partial charge in [-0.2, -0.15) is 0 Å². The highest BCUT2D eigenvalue weighted by Gasteiger charge is 2.61. The Morgan fingerprint density at radius 1 is 1.25 bits per heavy atom. The molecule has 0 aliphatic heterocycles. The van der Waals surface area contributed by atoms with Gasteiger partial charge in [0.2, 0.25) is 0 Å². The Hall–Kier alpha value is -0.710. The summed E-state index contributed by atoms with van der Waals surface area (Å²) in [6.45, 7) is -0.0422. The summed E-state index contributed by atoms with van der Waals surface area (Å²) in [5, 5.41) is 0. The molecule has 5 heteroatoms. The third-order valence-electron chi connectivity index (χ3n) is 5.33. The minimum Gasteiger partial charge on any atom is -0.459 e. The van der Waals surface area contributed by atoms with Gasteiger partial charge in [-0.25, -0.2) is 8.78 Å². The highest BCUT2D eigenvalue weighted by atomic mass is 19.3. The molecule has 4 rings (SSSR count). The van der Waals surface area contributed by atoms with E-state index >= 15 is 0 Å². The summed E-state index contributed by atoms with van der Waals surface area (Å²) in [6.07, 6.45) is 5.34. The zero-order valence-electron chi connectivity index (χ0n) is 12.1. The standard InChI is InChI=1S/C15H22F2O3/c1-13(16,17)9-20-12(18)14-4-10-3-11(5-14)7-15(6-10,8-14)19-2/h10-11H,3-9H2,1-2H3. The normalized spacial score (nSPS) is 42.8. The maximum Gasteiger partial charge on any atom is 0.312 e. The molecular formula is C15H22F2O3. The summed E-state index contributed by atoms with van der Waals surface area (Å²) in [5.41, 5.74) is -0.802. The Morgan fingerprint density at radius 3 is 2.35 bits per heavy atom. The van der Waals surface area contributed by atoms with Crippen LogP contribution in [0.5, 0.6) is 0 Å². The summed E-state index contributed by atoms with van der Waals surface area (Å²) in [7, 11) is 1.70. The number of hydrogen-bond donors (Lipinski definition) is 0. The fraction of sp³-hybridized carbons (Fsp3) is 0.933. The first-order chi connectivity index (χ1) is 9.26. The second-order valence-corrected chi connectivity index (χ2v) is 7.27. The summed E-state index contributed by atoms with van der Waals surface area (Å²) >= 11 is 0. The van der Waals surface area contributed by atoms with Gasteiger partial charge in [0.05, 0.1) is 11.0 Å². The van der Waals surface area contributed by atoms with Crippen molar-refractivity contribution < 1.29 is 23.0 Å². The molecule has 4 bridgehead atoms. The molecule has 4 aliphatic carbocycles. The van der Waals surface area contributed by atoms with Crippen molar-refractivity contribution in [2.45, 2.75) is 57.0 Å². The molecular weight excluding hydrogens is 266 g/mol. The van der Waals surface area contributed by atoms with Crippen LogP contribution in [0, 0.1) is 17.3 Å². The van der Waals surface area contributed by atoms with Crippen molar-refractivity contribution >= 4 is 5.97 Å². The highest BCUT2D eigenvalue weighted by molar-refractivity contribution is 5.77. The molecule has 3 nitrogen and oxygen atoms in total. The fourth-order valence-electron chi connectivity index (χ4n) is 5.00. The maximum absolute atomic E-state index is 12.9. The van der Waals surface area contributed by atoms with Crippen molar-refractivity contribution in [3.8, 4) is 0 Å². The summed E-state index contributed by atoms with van der Waals surface area (Å²) in [4.78, 5) is 12.4. The van der Waals surface area contributed by atoms with E-state index in [-0.39, 0.29) is 5.60 Å². The van der Waals surface area contributed by atoms with Crippen LogP contribution in [0.4, 0.5) is 8.78 Å². The van der Waals surface area contributed by atoms with Crippen molar-refractivity contribution in [1.29, 1.82) is 0 Å². The molecule has 0 heterocycles. The third-order valence-corrected chi connectivity index (χ3v) is 5.33. The molecule has 0 spiro atoms. The van der Waals surface area contributed by atoms with E-state index in [2.05, 4.69) is 0 Å². The zero-order valence-corrected chi connectivity index (χ0v) is 12.1. The zero-order chi connectivity index (χ0) is 14.6. The fourth-order valence-corrected chi connectivity index (χ4v) is 5.00. The molecule has 0 aromatic rings. The van der Waals surface area contributed by atoms with Crippen molar-refractivity contribution in [2.24, 2.45) is 17.3 Å². The van der Waals surface area contributed by atoms with Gasteiger partial charge in [-0.15, -0.1) is 0 Å². The number of rotatable bonds is 4. The number of alkyl halides is 2. The van der Waals surface area contributed by atoms with E-state index < -0.39 is 23.9 Å². The van der Waals surface area contributed by atoms with Crippen LogP contribution in [0.1, 0.15) is 45.4 Å².